The van der Waals surface area contributed by atoms with Crippen molar-refractivity contribution in [2.75, 3.05) is 66.8 Å². The van der Waals surface area contributed by atoms with Crippen LogP contribution in [0.25, 0.3) is 0 Å². The van der Waals surface area contributed by atoms with Crippen LogP contribution >= 0.6 is 0 Å². The third kappa shape index (κ3) is 32.9. The summed E-state index contributed by atoms with van der Waals surface area (Å²) in [6.07, 6.45) is 1.98. The molecule has 0 aromatic rings. The van der Waals surface area contributed by atoms with E-state index >= 15 is 0 Å². The van der Waals surface area contributed by atoms with Crippen LogP contribution in [-0.2, 0) is 14.2 Å². The zero-order chi connectivity index (χ0) is 16.8. The fourth-order valence-electron chi connectivity index (χ4n) is 1.21. The molecule has 0 bridgehead atoms. The molecule has 5 nitrogen and oxygen atoms in total. The van der Waals surface area contributed by atoms with Crippen LogP contribution in [0, 0.1) is 0 Å². The third-order valence-corrected chi connectivity index (χ3v) is 2.13. The van der Waals surface area contributed by atoms with E-state index in [0.29, 0.717) is 33.0 Å². The minimum absolute atomic E-state index is 0.631. The summed E-state index contributed by atoms with van der Waals surface area (Å²) < 4.78 is 16.1. The van der Waals surface area contributed by atoms with Crippen LogP contribution < -0.4 is 5.73 Å². The van der Waals surface area contributed by atoms with Crippen LogP contribution in [0.1, 0.15) is 40.5 Å². The highest BCUT2D eigenvalue weighted by molar-refractivity contribution is 4.42. The molecule has 0 heterocycles. The van der Waals surface area contributed by atoms with E-state index in [2.05, 4.69) is 19.0 Å². The molecule has 0 aromatic heterocycles. The van der Waals surface area contributed by atoms with E-state index in [4.69, 9.17) is 19.9 Å². The van der Waals surface area contributed by atoms with Crippen molar-refractivity contribution in [1.29, 1.82) is 0 Å². The van der Waals surface area contributed by atoms with Crippen LogP contribution in [0.4, 0.5) is 0 Å². The Kier molecular flexibility index (Phi) is 34.4. The molecule has 0 saturated heterocycles. The molecule has 0 spiro atoms. The van der Waals surface area contributed by atoms with Gasteiger partial charge in [-0.25, -0.2) is 0 Å². The summed E-state index contributed by atoms with van der Waals surface area (Å²) in [5, 5.41) is 0. The number of nitrogens with two attached hydrogens (primary N) is 1. The fourth-order valence-corrected chi connectivity index (χ4v) is 1.21. The topological polar surface area (TPSA) is 57.0 Å². The summed E-state index contributed by atoms with van der Waals surface area (Å²) in [5.41, 5.74) is 5.34. The van der Waals surface area contributed by atoms with Crippen LogP contribution in [0.5, 0.6) is 0 Å². The van der Waals surface area contributed by atoms with Crippen LogP contribution in [-0.4, -0.2) is 71.7 Å². The van der Waals surface area contributed by atoms with Crippen molar-refractivity contribution in [3.05, 3.63) is 0 Å². The molecule has 0 aliphatic carbocycles. The van der Waals surface area contributed by atoms with Crippen molar-refractivity contribution in [2.24, 2.45) is 5.73 Å². The van der Waals surface area contributed by atoms with Crippen molar-refractivity contribution >= 4 is 0 Å². The molecule has 0 atom stereocenters. The molecule has 5 heteroatoms. The molecule has 2 N–H and O–H groups in total. The lowest BCUT2D eigenvalue weighted by Gasteiger charge is -2.09. The molecule has 0 amide bonds. The summed E-state index contributed by atoms with van der Waals surface area (Å²) >= 11 is 0. The van der Waals surface area contributed by atoms with Gasteiger partial charge in [-0.3, -0.25) is 0 Å². The summed E-state index contributed by atoms with van der Waals surface area (Å²) in [4.78, 5) is 2.15. The predicted octanol–water partition coefficient (Wildman–Crippen LogP) is 2.39. The van der Waals surface area contributed by atoms with Gasteiger partial charge in [0.25, 0.3) is 0 Å². The lowest BCUT2D eigenvalue weighted by molar-refractivity contribution is 0.0134. The van der Waals surface area contributed by atoms with Gasteiger partial charge in [0.2, 0.25) is 0 Å². The lowest BCUT2D eigenvalue weighted by Crippen LogP contribution is -2.16. The van der Waals surface area contributed by atoms with Crippen LogP contribution in [0.2, 0.25) is 0 Å². The predicted molar refractivity (Wildman–Crippen MR) is 92.0 cm³/mol. The first-order valence-electron chi connectivity index (χ1n) is 8.35. The van der Waals surface area contributed by atoms with Gasteiger partial charge < -0.3 is 24.8 Å². The molecular formula is C16H40N2O3. The van der Waals surface area contributed by atoms with Crippen molar-refractivity contribution in [3.8, 4) is 0 Å². The van der Waals surface area contributed by atoms with Gasteiger partial charge in [-0.1, -0.05) is 27.7 Å². The number of ether oxygens (including phenoxy) is 3. The lowest BCUT2D eigenvalue weighted by atomic mass is 10.4. The minimum atomic E-state index is 0.631. The molecule has 0 saturated carbocycles. The van der Waals surface area contributed by atoms with Gasteiger partial charge in [0.15, 0.2) is 0 Å². The minimum Gasteiger partial charge on any atom is -0.379 e. The number of nitrogens with zero attached hydrogens (tertiary/aromatic N) is 1. The largest absolute Gasteiger partial charge is 0.379 e. The molecule has 0 fully saturated rings. The Morgan fingerprint density at radius 2 is 1.05 bits per heavy atom. The maximum atomic E-state index is 5.42. The molecule has 0 unspecified atom stereocenters. The van der Waals surface area contributed by atoms with Crippen LogP contribution in [0.15, 0.2) is 0 Å². The summed E-state index contributed by atoms with van der Waals surface area (Å²) in [7, 11) is 4.13. The molecule has 0 aromatic carbocycles. The zero-order valence-corrected chi connectivity index (χ0v) is 15.3. The van der Waals surface area contributed by atoms with E-state index in [1.807, 2.05) is 27.7 Å². The zero-order valence-electron chi connectivity index (χ0n) is 15.3. The van der Waals surface area contributed by atoms with Gasteiger partial charge in [0, 0.05) is 13.2 Å². The molecule has 0 aliphatic heterocycles. The summed E-state index contributed by atoms with van der Waals surface area (Å²) in [6, 6.07) is 0. The Bertz CT molecular complexity index is 147. The Balaban J connectivity index is -0.000000739. The van der Waals surface area contributed by atoms with Crippen LogP contribution in [0.3, 0.4) is 0 Å². The average Bonchev–Trinajstić information content (AvgIpc) is 2.52. The van der Waals surface area contributed by atoms with Gasteiger partial charge in [0.05, 0.1) is 26.4 Å². The standard InChI is InChI=1S/C12H28N2O3.2C2H6/c1-14(2)6-4-8-16-10-12-17-11-9-15-7-3-5-13;2*1-2/h3-13H2,1-2H3;2*1-2H3. The normalized spacial score (nSPS) is 9.71. The van der Waals surface area contributed by atoms with Crippen molar-refractivity contribution < 1.29 is 14.2 Å². The van der Waals surface area contributed by atoms with Crippen molar-refractivity contribution in [1.82, 2.24) is 4.90 Å². The second-order valence-corrected chi connectivity index (χ2v) is 4.14. The molecule has 0 radical (unpaired) electrons. The number of rotatable bonds is 13. The number of hydrogen-bond donors (Lipinski definition) is 1. The molecule has 132 valence electrons. The second kappa shape index (κ2) is 28.0. The average molecular weight is 309 g/mol. The molecule has 21 heavy (non-hydrogen) atoms. The highest BCUT2D eigenvalue weighted by Crippen LogP contribution is 1.87. The van der Waals surface area contributed by atoms with E-state index in [1.54, 1.807) is 0 Å². The van der Waals surface area contributed by atoms with Crippen molar-refractivity contribution in [2.45, 2.75) is 40.5 Å². The fraction of sp³-hybridized carbons (Fsp3) is 1.00. The molecule has 0 rings (SSSR count). The highest BCUT2D eigenvalue weighted by atomic mass is 16.5. The second-order valence-electron chi connectivity index (χ2n) is 4.14. The van der Waals surface area contributed by atoms with E-state index in [-0.39, 0.29) is 0 Å². The van der Waals surface area contributed by atoms with Gasteiger partial charge >= 0.3 is 0 Å². The maximum absolute atomic E-state index is 5.42. The van der Waals surface area contributed by atoms with E-state index in [1.165, 1.54) is 0 Å². The number of hydrogen-bond acceptors (Lipinski definition) is 5. The third-order valence-electron chi connectivity index (χ3n) is 2.13. The molecule has 0 aliphatic rings. The monoisotopic (exact) mass is 308 g/mol. The SMILES string of the molecule is CC.CC.CN(C)CCCOCCOCCOCCCN. The van der Waals surface area contributed by atoms with E-state index in [0.717, 1.165) is 32.6 Å². The quantitative estimate of drug-likeness (QED) is 0.529. The van der Waals surface area contributed by atoms with Gasteiger partial charge in [-0.15, -0.1) is 0 Å². The highest BCUT2D eigenvalue weighted by Gasteiger charge is 1.93. The Morgan fingerprint density at radius 3 is 1.43 bits per heavy atom. The van der Waals surface area contributed by atoms with Crippen molar-refractivity contribution in [3.63, 3.8) is 0 Å². The summed E-state index contributed by atoms with van der Waals surface area (Å²) in [6.45, 7) is 13.8. The Hall–Kier alpha value is -0.200. The Labute approximate surface area is 133 Å². The van der Waals surface area contributed by atoms with Gasteiger partial charge in [-0.05, 0) is 40.0 Å². The first-order valence-corrected chi connectivity index (χ1v) is 8.35. The Morgan fingerprint density at radius 1 is 0.667 bits per heavy atom. The molecular weight excluding hydrogens is 268 g/mol. The smallest absolute Gasteiger partial charge is 0.0701 e. The van der Waals surface area contributed by atoms with E-state index < -0.39 is 0 Å². The van der Waals surface area contributed by atoms with E-state index in [9.17, 15) is 0 Å². The van der Waals surface area contributed by atoms with Gasteiger partial charge in [-0.2, -0.15) is 0 Å². The first kappa shape index (κ1) is 25.7. The van der Waals surface area contributed by atoms with Gasteiger partial charge in [0.1, 0.15) is 0 Å². The maximum Gasteiger partial charge on any atom is 0.0701 e. The summed E-state index contributed by atoms with van der Waals surface area (Å²) in [5.74, 6) is 0. The first-order chi connectivity index (χ1) is 10.3.